The van der Waals surface area contributed by atoms with E-state index < -0.39 is 32.7 Å². The fourth-order valence-corrected chi connectivity index (χ4v) is 5.30. The number of amides is 2. The highest BCUT2D eigenvalue weighted by Gasteiger charge is 2.36. The third-order valence-electron chi connectivity index (χ3n) is 4.97. The SMILES string of the molecule is CCCCCCCCS(=O)c1ccc2c3c(cccc13)C(=O)N(OS(C)(=O)=O)C2=O. The van der Waals surface area contributed by atoms with Crippen LogP contribution in [0.2, 0.25) is 0 Å². The summed E-state index contributed by atoms with van der Waals surface area (Å²) in [5.74, 6) is -1.21. The number of hydrogen-bond acceptors (Lipinski definition) is 6. The van der Waals surface area contributed by atoms with Crippen LogP contribution in [0.4, 0.5) is 0 Å². The Labute approximate surface area is 178 Å². The molecule has 2 aromatic rings. The molecular weight excluding hydrogens is 426 g/mol. The molecule has 1 aliphatic heterocycles. The van der Waals surface area contributed by atoms with E-state index in [4.69, 9.17) is 0 Å². The predicted molar refractivity (Wildman–Crippen MR) is 115 cm³/mol. The standard InChI is InChI=1S/C21H25NO6S2/c1-3-4-5-6-7-8-14-29(25)18-13-12-17-19-15(18)10-9-11-16(19)20(23)22(21(17)24)28-30(2,26)27/h9-13H,3-8,14H2,1-2H3. The van der Waals surface area contributed by atoms with Crippen LogP contribution < -0.4 is 0 Å². The van der Waals surface area contributed by atoms with Gasteiger partial charge in [0.25, 0.3) is 21.9 Å². The van der Waals surface area contributed by atoms with Gasteiger partial charge >= 0.3 is 0 Å². The van der Waals surface area contributed by atoms with Gasteiger partial charge in [-0.15, -0.1) is 9.35 Å². The van der Waals surface area contributed by atoms with Crippen molar-refractivity contribution in [1.29, 1.82) is 0 Å². The Morgan fingerprint density at radius 3 is 2.23 bits per heavy atom. The summed E-state index contributed by atoms with van der Waals surface area (Å²) in [4.78, 5) is 26.0. The van der Waals surface area contributed by atoms with Crippen LogP contribution in [0.5, 0.6) is 0 Å². The number of hydroxylamine groups is 2. The number of hydrogen-bond donors (Lipinski definition) is 0. The van der Waals surface area contributed by atoms with Gasteiger partial charge in [-0.05, 0) is 30.0 Å². The van der Waals surface area contributed by atoms with Gasteiger partial charge in [0.2, 0.25) is 0 Å². The van der Waals surface area contributed by atoms with Crippen molar-refractivity contribution in [3.8, 4) is 0 Å². The fraction of sp³-hybridized carbons (Fsp3) is 0.429. The van der Waals surface area contributed by atoms with E-state index in [1.54, 1.807) is 18.2 Å². The van der Waals surface area contributed by atoms with Gasteiger partial charge in [0.15, 0.2) is 0 Å². The van der Waals surface area contributed by atoms with Crippen LogP contribution in [0.15, 0.2) is 35.2 Å². The van der Waals surface area contributed by atoms with E-state index in [2.05, 4.69) is 11.2 Å². The number of unbranched alkanes of at least 4 members (excludes halogenated alkanes) is 5. The number of benzene rings is 2. The number of carbonyl (C=O) groups is 2. The number of carbonyl (C=O) groups excluding carboxylic acids is 2. The van der Waals surface area contributed by atoms with Gasteiger partial charge < -0.3 is 0 Å². The van der Waals surface area contributed by atoms with Crippen molar-refractivity contribution in [3.63, 3.8) is 0 Å². The zero-order chi connectivity index (χ0) is 21.9. The lowest BCUT2D eigenvalue weighted by atomic mass is 9.95. The molecule has 1 atom stereocenters. The van der Waals surface area contributed by atoms with Crippen LogP contribution in [-0.2, 0) is 25.2 Å². The van der Waals surface area contributed by atoms with Gasteiger partial charge in [-0.25, -0.2) is 0 Å². The topological polar surface area (TPSA) is 97.8 Å². The first-order chi connectivity index (χ1) is 14.2. The molecule has 0 aromatic heterocycles. The molecule has 0 N–H and O–H groups in total. The quantitative estimate of drug-likeness (QED) is 0.403. The maximum atomic E-state index is 12.9. The van der Waals surface area contributed by atoms with Crippen molar-refractivity contribution in [2.45, 2.75) is 50.3 Å². The minimum atomic E-state index is -4.07. The van der Waals surface area contributed by atoms with Gasteiger partial charge in [0.1, 0.15) is 0 Å². The second-order valence-corrected chi connectivity index (χ2v) is 10.4. The van der Waals surface area contributed by atoms with E-state index in [1.165, 1.54) is 31.4 Å². The molecule has 7 nitrogen and oxygen atoms in total. The Bertz CT molecular complexity index is 1090. The molecule has 0 fully saturated rings. The molecule has 2 aromatic carbocycles. The van der Waals surface area contributed by atoms with Crippen LogP contribution >= 0.6 is 0 Å². The van der Waals surface area contributed by atoms with Crippen LogP contribution in [0.1, 0.15) is 66.2 Å². The maximum absolute atomic E-state index is 12.9. The van der Waals surface area contributed by atoms with Crippen LogP contribution in [0, 0.1) is 0 Å². The monoisotopic (exact) mass is 451 g/mol. The number of nitrogens with zero attached hydrogens (tertiary/aromatic N) is 1. The molecule has 0 saturated heterocycles. The second kappa shape index (κ2) is 9.36. The van der Waals surface area contributed by atoms with Gasteiger partial charge in [-0.2, -0.15) is 8.42 Å². The first-order valence-electron chi connectivity index (χ1n) is 9.97. The van der Waals surface area contributed by atoms with E-state index in [0.29, 0.717) is 21.4 Å². The van der Waals surface area contributed by atoms with Crippen LogP contribution in [0.25, 0.3) is 10.8 Å². The summed E-state index contributed by atoms with van der Waals surface area (Å²) in [6, 6.07) is 7.94. The third-order valence-corrected chi connectivity index (χ3v) is 6.89. The molecule has 9 heteroatoms. The van der Waals surface area contributed by atoms with Crippen molar-refractivity contribution in [1.82, 2.24) is 5.06 Å². The molecule has 2 amide bonds. The minimum Gasteiger partial charge on any atom is -0.266 e. The second-order valence-electron chi connectivity index (χ2n) is 7.34. The van der Waals surface area contributed by atoms with Crippen LogP contribution in [0.3, 0.4) is 0 Å². The molecule has 30 heavy (non-hydrogen) atoms. The average molecular weight is 452 g/mol. The largest absolute Gasteiger partial charge is 0.286 e. The Kier molecular flexibility index (Phi) is 7.05. The number of rotatable bonds is 10. The smallest absolute Gasteiger partial charge is 0.266 e. The zero-order valence-corrected chi connectivity index (χ0v) is 18.7. The molecule has 1 unspecified atom stereocenters. The fourth-order valence-electron chi connectivity index (χ4n) is 3.57. The summed E-state index contributed by atoms with van der Waals surface area (Å²) in [6.45, 7) is 2.16. The molecular formula is C21H25NO6S2. The van der Waals surface area contributed by atoms with E-state index in [0.717, 1.165) is 25.5 Å². The lowest BCUT2D eigenvalue weighted by Crippen LogP contribution is -2.41. The Morgan fingerprint density at radius 2 is 1.57 bits per heavy atom. The molecule has 3 rings (SSSR count). The highest BCUT2D eigenvalue weighted by molar-refractivity contribution is 7.86. The molecule has 0 saturated carbocycles. The molecule has 1 heterocycles. The van der Waals surface area contributed by atoms with Gasteiger partial charge in [-0.1, -0.05) is 51.2 Å². The summed E-state index contributed by atoms with van der Waals surface area (Å²) in [5, 5.41) is 1.21. The first kappa shape index (κ1) is 22.6. The lowest BCUT2D eigenvalue weighted by Gasteiger charge is -2.25. The molecule has 0 bridgehead atoms. The van der Waals surface area contributed by atoms with E-state index in [-0.39, 0.29) is 16.2 Å². The molecule has 1 aliphatic rings. The summed E-state index contributed by atoms with van der Waals surface area (Å²) < 4.78 is 40.5. The van der Waals surface area contributed by atoms with Gasteiger partial charge in [-0.3, -0.25) is 13.8 Å². The Morgan fingerprint density at radius 1 is 0.933 bits per heavy atom. The van der Waals surface area contributed by atoms with Crippen LogP contribution in [-0.4, -0.2) is 41.5 Å². The Balaban J connectivity index is 1.89. The van der Waals surface area contributed by atoms with Crippen molar-refractivity contribution < 1.29 is 26.5 Å². The van der Waals surface area contributed by atoms with Crippen molar-refractivity contribution in [3.05, 3.63) is 41.5 Å². The van der Waals surface area contributed by atoms with Crippen molar-refractivity contribution >= 4 is 43.5 Å². The maximum Gasteiger partial charge on any atom is 0.286 e. The molecule has 0 aliphatic carbocycles. The first-order valence-corrected chi connectivity index (χ1v) is 13.1. The normalized spacial score (nSPS) is 15.1. The molecule has 0 radical (unpaired) electrons. The summed E-state index contributed by atoms with van der Waals surface area (Å²) >= 11 is 0. The summed E-state index contributed by atoms with van der Waals surface area (Å²) in [7, 11) is -5.34. The van der Waals surface area contributed by atoms with Crippen molar-refractivity contribution in [2.24, 2.45) is 0 Å². The predicted octanol–water partition coefficient (Wildman–Crippen LogP) is 3.80. The van der Waals surface area contributed by atoms with E-state index in [1.807, 2.05) is 0 Å². The lowest BCUT2D eigenvalue weighted by molar-refractivity contribution is -0.0149. The highest BCUT2D eigenvalue weighted by atomic mass is 32.2. The highest BCUT2D eigenvalue weighted by Crippen LogP contribution is 2.34. The Hall–Kier alpha value is -2.10. The molecule has 162 valence electrons. The van der Waals surface area contributed by atoms with Crippen molar-refractivity contribution in [2.75, 3.05) is 12.0 Å². The average Bonchev–Trinajstić information content (AvgIpc) is 2.70. The summed E-state index contributed by atoms with van der Waals surface area (Å²) in [5.41, 5.74) is 0.285. The van der Waals surface area contributed by atoms with E-state index in [9.17, 15) is 22.2 Å². The minimum absolute atomic E-state index is 0.143. The molecule has 0 spiro atoms. The number of imide groups is 1. The summed E-state index contributed by atoms with van der Waals surface area (Å²) in [6.07, 6.45) is 7.30. The van der Waals surface area contributed by atoms with E-state index >= 15 is 0 Å². The van der Waals surface area contributed by atoms with Gasteiger partial charge in [0, 0.05) is 16.0 Å². The third kappa shape index (κ3) is 4.79. The van der Waals surface area contributed by atoms with Gasteiger partial charge in [0.05, 0.1) is 28.2 Å². The zero-order valence-electron chi connectivity index (χ0n) is 17.0.